The zero-order valence-corrected chi connectivity index (χ0v) is 17.5. The van der Waals surface area contributed by atoms with Gasteiger partial charge in [0.2, 0.25) is 5.91 Å². The van der Waals surface area contributed by atoms with E-state index >= 15 is 0 Å². The fourth-order valence-corrected chi connectivity index (χ4v) is 3.68. The van der Waals surface area contributed by atoms with Gasteiger partial charge in [-0.3, -0.25) is 9.78 Å². The predicted octanol–water partition coefficient (Wildman–Crippen LogP) is 3.35. The van der Waals surface area contributed by atoms with E-state index in [0.717, 1.165) is 11.4 Å². The standard InChI is InChI=1S/C23H28N4O3/c1-16(2)10-22(28)26-14-21(15-26)30-20-7-5-19(6-8-20)25-23(29)27-12-18(13-27)17-4-3-9-24-11-17/h3-9,11,16,18,21H,10,12-15H2,1-2H3,(H,25,29). The molecule has 0 bridgehead atoms. The third kappa shape index (κ3) is 4.72. The van der Waals surface area contributed by atoms with Gasteiger partial charge in [0.15, 0.2) is 0 Å². The van der Waals surface area contributed by atoms with Crippen LogP contribution >= 0.6 is 0 Å². The summed E-state index contributed by atoms with van der Waals surface area (Å²) in [7, 11) is 0. The van der Waals surface area contributed by atoms with Crippen LogP contribution < -0.4 is 10.1 Å². The molecule has 2 fully saturated rings. The molecule has 7 nitrogen and oxygen atoms in total. The number of hydrogen-bond donors (Lipinski definition) is 1. The lowest BCUT2D eigenvalue weighted by atomic mass is 9.93. The summed E-state index contributed by atoms with van der Waals surface area (Å²) in [6.45, 7) is 6.77. The van der Waals surface area contributed by atoms with Crippen LogP contribution in [0.4, 0.5) is 10.5 Å². The van der Waals surface area contributed by atoms with Crippen LogP contribution in [0.3, 0.4) is 0 Å². The molecule has 3 heterocycles. The van der Waals surface area contributed by atoms with E-state index in [2.05, 4.69) is 10.3 Å². The van der Waals surface area contributed by atoms with Crippen LogP contribution in [-0.4, -0.2) is 59.0 Å². The normalized spacial score (nSPS) is 16.8. The summed E-state index contributed by atoms with van der Waals surface area (Å²) in [6, 6.07) is 11.3. The summed E-state index contributed by atoms with van der Waals surface area (Å²) in [5.74, 6) is 1.67. The molecule has 158 valence electrons. The first-order valence-electron chi connectivity index (χ1n) is 10.5. The quantitative estimate of drug-likeness (QED) is 0.795. The number of amides is 3. The number of carbonyl (C=O) groups is 2. The van der Waals surface area contributed by atoms with E-state index in [-0.39, 0.29) is 18.0 Å². The minimum Gasteiger partial charge on any atom is -0.487 e. The third-order valence-corrected chi connectivity index (χ3v) is 5.52. The highest BCUT2D eigenvalue weighted by Crippen LogP contribution is 2.27. The summed E-state index contributed by atoms with van der Waals surface area (Å²) in [6.07, 6.45) is 4.24. The fourth-order valence-electron chi connectivity index (χ4n) is 3.68. The zero-order valence-electron chi connectivity index (χ0n) is 17.5. The maximum atomic E-state index is 12.4. The second kappa shape index (κ2) is 8.73. The van der Waals surface area contributed by atoms with E-state index in [1.807, 2.05) is 61.3 Å². The van der Waals surface area contributed by atoms with Gasteiger partial charge in [-0.15, -0.1) is 0 Å². The summed E-state index contributed by atoms with van der Waals surface area (Å²) in [5.41, 5.74) is 1.91. The van der Waals surface area contributed by atoms with Crippen molar-refractivity contribution in [1.29, 1.82) is 0 Å². The molecule has 1 aromatic heterocycles. The Labute approximate surface area is 177 Å². The first-order valence-corrected chi connectivity index (χ1v) is 10.5. The van der Waals surface area contributed by atoms with Gasteiger partial charge in [0, 0.05) is 43.5 Å². The number of hydrogen-bond acceptors (Lipinski definition) is 4. The highest BCUT2D eigenvalue weighted by molar-refractivity contribution is 5.90. The van der Waals surface area contributed by atoms with Crippen molar-refractivity contribution in [2.45, 2.75) is 32.3 Å². The van der Waals surface area contributed by atoms with Crippen LogP contribution in [0.5, 0.6) is 5.75 Å². The van der Waals surface area contributed by atoms with Gasteiger partial charge in [0.1, 0.15) is 11.9 Å². The molecule has 0 saturated carbocycles. The number of pyridine rings is 1. The van der Waals surface area contributed by atoms with Crippen LogP contribution in [0.2, 0.25) is 0 Å². The number of urea groups is 1. The van der Waals surface area contributed by atoms with Gasteiger partial charge in [0.25, 0.3) is 0 Å². The average molecular weight is 409 g/mol. The average Bonchev–Trinajstić information content (AvgIpc) is 2.64. The lowest BCUT2D eigenvalue weighted by Crippen LogP contribution is -2.56. The molecule has 7 heteroatoms. The molecule has 2 aliphatic heterocycles. The molecule has 0 unspecified atom stereocenters. The molecular formula is C23H28N4O3. The molecule has 2 saturated heterocycles. The van der Waals surface area contributed by atoms with Crippen molar-refractivity contribution in [3.8, 4) is 5.75 Å². The van der Waals surface area contributed by atoms with Crippen molar-refractivity contribution in [1.82, 2.24) is 14.8 Å². The lowest BCUT2D eigenvalue weighted by molar-refractivity contribution is -0.140. The molecular weight excluding hydrogens is 380 g/mol. The van der Waals surface area contributed by atoms with E-state index in [4.69, 9.17) is 4.74 Å². The number of ether oxygens (including phenoxy) is 1. The van der Waals surface area contributed by atoms with Gasteiger partial charge >= 0.3 is 6.03 Å². The Morgan fingerprint density at radius 2 is 1.83 bits per heavy atom. The van der Waals surface area contributed by atoms with Crippen LogP contribution in [-0.2, 0) is 4.79 Å². The maximum absolute atomic E-state index is 12.4. The molecule has 1 N–H and O–H groups in total. The number of rotatable bonds is 6. The topological polar surface area (TPSA) is 74.8 Å². The second-order valence-corrected chi connectivity index (χ2v) is 8.48. The van der Waals surface area contributed by atoms with Crippen molar-refractivity contribution in [2.75, 3.05) is 31.5 Å². The molecule has 4 rings (SSSR count). The Morgan fingerprint density at radius 1 is 1.10 bits per heavy atom. The Morgan fingerprint density at radius 3 is 2.47 bits per heavy atom. The summed E-state index contributed by atoms with van der Waals surface area (Å²) in [4.78, 5) is 32.2. The largest absolute Gasteiger partial charge is 0.487 e. The first-order chi connectivity index (χ1) is 14.5. The molecule has 0 spiro atoms. The zero-order chi connectivity index (χ0) is 21.1. The van der Waals surface area contributed by atoms with Gasteiger partial charge in [-0.25, -0.2) is 4.79 Å². The fraction of sp³-hybridized carbons (Fsp3) is 0.435. The van der Waals surface area contributed by atoms with Crippen molar-refractivity contribution in [3.05, 3.63) is 54.4 Å². The number of benzene rings is 1. The van der Waals surface area contributed by atoms with Crippen molar-refractivity contribution in [3.63, 3.8) is 0 Å². The second-order valence-electron chi connectivity index (χ2n) is 8.48. The van der Waals surface area contributed by atoms with Gasteiger partial charge in [0.05, 0.1) is 13.1 Å². The number of carbonyl (C=O) groups excluding carboxylic acids is 2. The van der Waals surface area contributed by atoms with E-state index in [1.54, 1.807) is 11.1 Å². The molecule has 2 aromatic rings. The summed E-state index contributed by atoms with van der Waals surface area (Å²) in [5, 5.41) is 2.93. The van der Waals surface area contributed by atoms with Gasteiger partial charge < -0.3 is 19.9 Å². The van der Waals surface area contributed by atoms with Crippen molar-refractivity contribution in [2.24, 2.45) is 5.92 Å². The van der Waals surface area contributed by atoms with Crippen LogP contribution in [0.15, 0.2) is 48.8 Å². The van der Waals surface area contributed by atoms with Crippen LogP contribution in [0.25, 0.3) is 0 Å². The SMILES string of the molecule is CC(C)CC(=O)N1CC(Oc2ccc(NC(=O)N3CC(c4cccnc4)C3)cc2)C1. The smallest absolute Gasteiger partial charge is 0.321 e. The third-order valence-electron chi connectivity index (χ3n) is 5.52. The molecule has 3 amide bonds. The Hall–Kier alpha value is -3.09. The molecule has 0 aliphatic carbocycles. The van der Waals surface area contributed by atoms with Gasteiger partial charge in [-0.05, 0) is 41.8 Å². The molecule has 2 aliphatic rings. The number of nitrogens with one attached hydrogen (secondary N) is 1. The number of aromatic nitrogens is 1. The predicted molar refractivity (Wildman–Crippen MR) is 114 cm³/mol. The number of likely N-dealkylation sites (tertiary alicyclic amines) is 2. The Kier molecular flexibility index (Phi) is 5.88. The molecule has 0 atom stereocenters. The van der Waals surface area contributed by atoms with E-state index in [1.165, 1.54) is 5.56 Å². The van der Waals surface area contributed by atoms with E-state index in [9.17, 15) is 9.59 Å². The molecule has 0 radical (unpaired) electrons. The number of anilines is 1. The monoisotopic (exact) mass is 408 g/mol. The summed E-state index contributed by atoms with van der Waals surface area (Å²) >= 11 is 0. The Balaban J connectivity index is 1.19. The molecule has 30 heavy (non-hydrogen) atoms. The van der Waals surface area contributed by atoms with Crippen molar-refractivity contribution < 1.29 is 14.3 Å². The highest BCUT2D eigenvalue weighted by atomic mass is 16.5. The number of nitrogens with zero attached hydrogens (tertiary/aromatic N) is 3. The van der Waals surface area contributed by atoms with Crippen LogP contribution in [0, 0.1) is 5.92 Å². The van der Waals surface area contributed by atoms with E-state index < -0.39 is 0 Å². The first kappa shape index (κ1) is 20.2. The summed E-state index contributed by atoms with van der Waals surface area (Å²) < 4.78 is 5.92. The Bertz CT molecular complexity index is 873. The minimum absolute atomic E-state index is 0.0343. The van der Waals surface area contributed by atoms with Crippen LogP contribution in [0.1, 0.15) is 31.7 Å². The highest BCUT2D eigenvalue weighted by Gasteiger charge is 2.33. The van der Waals surface area contributed by atoms with Gasteiger partial charge in [-0.2, -0.15) is 0 Å². The lowest BCUT2D eigenvalue weighted by Gasteiger charge is -2.39. The maximum Gasteiger partial charge on any atom is 0.321 e. The minimum atomic E-state index is -0.0953. The van der Waals surface area contributed by atoms with E-state index in [0.29, 0.717) is 44.4 Å². The van der Waals surface area contributed by atoms with Gasteiger partial charge in [-0.1, -0.05) is 19.9 Å². The van der Waals surface area contributed by atoms with Crippen molar-refractivity contribution >= 4 is 17.6 Å². The molecule has 1 aromatic carbocycles.